The highest BCUT2D eigenvalue weighted by molar-refractivity contribution is 6.70. The highest BCUT2D eigenvalue weighted by Crippen LogP contribution is 2.30. The summed E-state index contributed by atoms with van der Waals surface area (Å²) in [5, 5.41) is 0.520. The Morgan fingerprint density at radius 1 is 1.31 bits per heavy atom. The maximum absolute atomic E-state index is 6.00. The third kappa shape index (κ3) is 1.54. The predicted octanol–water partition coefficient (Wildman–Crippen LogP) is 2.80. The number of fused-ring (bicyclic) bond motifs is 1. The van der Waals surface area contributed by atoms with Gasteiger partial charge >= 0.3 is 0 Å². The molecule has 0 aromatic heterocycles. The van der Waals surface area contributed by atoms with Gasteiger partial charge in [0, 0.05) is 0 Å². The Labute approximate surface area is 82.2 Å². The molecule has 0 aliphatic carbocycles. The summed E-state index contributed by atoms with van der Waals surface area (Å²) >= 11 is 6.00. The van der Waals surface area contributed by atoms with Crippen molar-refractivity contribution in [1.29, 1.82) is 0 Å². The fraction of sp³-hybridized carbons (Fsp3) is 0.300. The zero-order valence-electron chi connectivity index (χ0n) is 7.54. The lowest BCUT2D eigenvalue weighted by Crippen LogP contribution is -2.30. The topological polar surface area (TPSA) is 21.6 Å². The highest BCUT2D eigenvalue weighted by atomic mass is 35.5. The lowest BCUT2D eigenvalue weighted by molar-refractivity contribution is 0.116. The molecule has 1 aliphatic heterocycles. The average molecular weight is 196 g/mol. The molecule has 0 saturated carbocycles. The fourth-order valence-corrected chi connectivity index (χ4v) is 1.67. The van der Waals surface area contributed by atoms with Crippen molar-refractivity contribution in [2.24, 2.45) is 4.99 Å². The van der Waals surface area contributed by atoms with Crippen LogP contribution in [0.2, 0.25) is 0 Å². The Bertz CT molecular complexity index is 371. The van der Waals surface area contributed by atoms with Crippen LogP contribution in [0.25, 0.3) is 0 Å². The van der Waals surface area contributed by atoms with Crippen LogP contribution in [-0.2, 0) is 0 Å². The standard InChI is InChI=1S/C10H10ClNO/c1-10(2)12-9(11)7-5-3-4-6-8(7)13-10/h3-6H,1-2H3. The van der Waals surface area contributed by atoms with Crippen molar-refractivity contribution in [1.82, 2.24) is 0 Å². The summed E-state index contributed by atoms with van der Waals surface area (Å²) in [5.41, 5.74) is 0.314. The Morgan fingerprint density at radius 3 is 2.77 bits per heavy atom. The van der Waals surface area contributed by atoms with Gasteiger partial charge in [0.1, 0.15) is 10.9 Å². The molecule has 0 saturated heterocycles. The van der Waals surface area contributed by atoms with Crippen LogP contribution in [0.5, 0.6) is 5.75 Å². The van der Waals surface area contributed by atoms with Crippen molar-refractivity contribution in [3.05, 3.63) is 29.8 Å². The SMILES string of the molecule is CC1(C)N=C(Cl)c2ccccc2O1. The molecule has 1 aliphatic rings. The number of para-hydroxylation sites is 1. The molecule has 68 valence electrons. The van der Waals surface area contributed by atoms with Crippen LogP contribution in [0.15, 0.2) is 29.3 Å². The summed E-state index contributed by atoms with van der Waals surface area (Å²) in [7, 11) is 0. The second-order valence-electron chi connectivity index (χ2n) is 3.45. The van der Waals surface area contributed by atoms with Gasteiger partial charge in [-0.3, -0.25) is 0 Å². The molecule has 0 N–H and O–H groups in total. The summed E-state index contributed by atoms with van der Waals surface area (Å²) in [5.74, 6) is 0.799. The van der Waals surface area contributed by atoms with E-state index in [2.05, 4.69) is 4.99 Å². The second kappa shape index (κ2) is 2.74. The molecule has 2 nitrogen and oxygen atoms in total. The molecular weight excluding hydrogens is 186 g/mol. The van der Waals surface area contributed by atoms with Gasteiger partial charge in [0.05, 0.1) is 5.56 Å². The van der Waals surface area contributed by atoms with Crippen LogP contribution in [0.4, 0.5) is 0 Å². The molecule has 3 heteroatoms. The van der Waals surface area contributed by atoms with E-state index in [4.69, 9.17) is 16.3 Å². The molecule has 2 rings (SSSR count). The molecule has 0 radical (unpaired) electrons. The van der Waals surface area contributed by atoms with Gasteiger partial charge in [-0.15, -0.1) is 0 Å². The van der Waals surface area contributed by atoms with Crippen LogP contribution < -0.4 is 4.74 Å². The van der Waals surface area contributed by atoms with Crippen LogP contribution in [0, 0.1) is 0 Å². The van der Waals surface area contributed by atoms with Crippen LogP contribution in [-0.4, -0.2) is 10.9 Å². The summed E-state index contributed by atoms with van der Waals surface area (Å²) < 4.78 is 5.62. The zero-order valence-corrected chi connectivity index (χ0v) is 8.30. The minimum Gasteiger partial charge on any atom is -0.466 e. The lowest BCUT2D eigenvalue weighted by atomic mass is 10.1. The van der Waals surface area contributed by atoms with E-state index < -0.39 is 5.72 Å². The van der Waals surface area contributed by atoms with Gasteiger partial charge < -0.3 is 4.74 Å². The van der Waals surface area contributed by atoms with Crippen molar-refractivity contribution in [2.75, 3.05) is 0 Å². The van der Waals surface area contributed by atoms with Crippen molar-refractivity contribution < 1.29 is 4.74 Å². The fourth-order valence-electron chi connectivity index (χ4n) is 1.31. The second-order valence-corrected chi connectivity index (χ2v) is 3.81. The van der Waals surface area contributed by atoms with E-state index in [1.807, 2.05) is 38.1 Å². The Morgan fingerprint density at radius 2 is 2.00 bits per heavy atom. The summed E-state index contributed by atoms with van der Waals surface area (Å²) in [6, 6.07) is 7.63. The van der Waals surface area contributed by atoms with Crippen molar-refractivity contribution >= 4 is 16.8 Å². The van der Waals surface area contributed by atoms with E-state index in [1.165, 1.54) is 0 Å². The quantitative estimate of drug-likeness (QED) is 0.624. The molecule has 1 heterocycles. The van der Waals surface area contributed by atoms with Crippen LogP contribution in [0.3, 0.4) is 0 Å². The number of nitrogens with zero attached hydrogens (tertiary/aromatic N) is 1. The number of ether oxygens (including phenoxy) is 1. The minimum absolute atomic E-state index is 0.520. The van der Waals surface area contributed by atoms with E-state index in [1.54, 1.807) is 0 Å². The molecule has 13 heavy (non-hydrogen) atoms. The van der Waals surface area contributed by atoms with Gasteiger partial charge in [0.25, 0.3) is 0 Å². The number of halogens is 1. The first-order valence-electron chi connectivity index (χ1n) is 4.12. The zero-order chi connectivity index (χ0) is 9.47. The smallest absolute Gasteiger partial charge is 0.196 e. The first-order chi connectivity index (χ1) is 6.08. The van der Waals surface area contributed by atoms with Gasteiger partial charge in [-0.1, -0.05) is 23.7 Å². The Kier molecular flexibility index (Phi) is 1.81. The molecular formula is C10H10ClNO. The van der Waals surface area contributed by atoms with E-state index in [0.717, 1.165) is 11.3 Å². The number of benzene rings is 1. The van der Waals surface area contributed by atoms with E-state index in [-0.39, 0.29) is 0 Å². The molecule has 0 fully saturated rings. The number of hydrogen-bond acceptors (Lipinski definition) is 2. The monoisotopic (exact) mass is 195 g/mol. The summed E-state index contributed by atoms with van der Waals surface area (Å²) in [4.78, 5) is 4.22. The third-order valence-corrected chi connectivity index (χ3v) is 2.12. The Balaban J connectivity index is 2.55. The van der Waals surface area contributed by atoms with Gasteiger partial charge in [0.15, 0.2) is 5.72 Å². The average Bonchev–Trinajstić information content (AvgIpc) is 2.02. The van der Waals surface area contributed by atoms with E-state index >= 15 is 0 Å². The highest BCUT2D eigenvalue weighted by Gasteiger charge is 2.26. The predicted molar refractivity (Wildman–Crippen MR) is 53.5 cm³/mol. The molecule has 1 aromatic carbocycles. The van der Waals surface area contributed by atoms with Crippen molar-refractivity contribution in [2.45, 2.75) is 19.6 Å². The maximum atomic E-state index is 6.00. The molecule has 0 spiro atoms. The number of hydrogen-bond donors (Lipinski definition) is 0. The normalized spacial score (nSPS) is 18.5. The van der Waals surface area contributed by atoms with E-state index in [0.29, 0.717) is 5.17 Å². The maximum Gasteiger partial charge on any atom is 0.196 e. The third-order valence-electron chi connectivity index (χ3n) is 1.84. The number of aliphatic imine (C=N–C) groups is 1. The Hall–Kier alpha value is -1.02. The largest absolute Gasteiger partial charge is 0.466 e. The van der Waals surface area contributed by atoms with E-state index in [9.17, 15) is 0 Å². The van der Waals surface area contributed by atoms with Gasteiger partial charge in [-0.05, 0) is 26.0 Å². The minimum atomic E-state index is -0.550. The van der Waals surface area contributed by atoms with Gasteiger partial charge in [0.2, 0.25) is 0 Å². The van der Waals surface area contributed by atoms with Gasteiger partial charge in [-0.2, -0.15) is 0 Å². The first kappa shape index (κ1) is 8.57. The van der Waals surface area contributed by atoms with Crippen LogP contribution in [0.1, 0.15) is 19.4 Å². The lowest BCUT2D eigenvalue weighted by Gasteiger charge is -2.27. The molecule has 1 aromatic rings. The summed E-state index contributed by atoms with van der Waals surface area (Å²) in [6.07, 6.45) is 0. The number of rotatable bonds is 0. The van der Waals surface area contributed by atoms with Crippen molar-refractivity contribution in [3.8, 4) is 5.75 Å². The molecule has 0 atom stereocenters. The first-order valence-corrected chi connectivity index (χ1v) is 4.50. The molecule has 0 unspecified atom stereocenters. The summed E-state index contributed by atoms with van der Waals surface area (Å²) in [6.45, 7) is 3.76. The van der Waals surface area contributed by atoms with Gasteiger partial charge in [-0.25, -0.2) is 4.99 Å². The van der Waals surface area contributed by atoms with Crippen molar-refractivity contribution in [3.63, 3.8) is 0 Å². The molecule has 0 amide bonds. The van der Waals surface area contributed by atoms with Crippen LogP contribution >= 0.6 is 11.6 Å². The molecule has 0 bridgehead atoms.